The van der Waals surface area contributed by atoms with Gasteiger partial charge < -0.3 is 10.2 Å². The molecular formula is C17H34N2. The van der Waals surface area contributed by atoms with Gasteiger partial charge in [-0.2, -0.15) is 0 Å². The van der Waals surface area contributed by atoms with Gasteiger partial charge in [-0.25, -0.2) is 0 Å². The molecule has 112 valence electrons. The summed E-state index contributed by atoms with van der Waals surface area (Å²) in [5.41, 5.74) is 0. The molecule has 0 aliphatic carbocycles. The number of nitrogens with zero attached hydrogens (tertiary/aromatic N) is 1. The Morgan fingerprint density at radius 1 is 1.00 bits per heavy atom. The van der Waals surface area contributed by atoms with E-state index in [0.717, 1.165) is 23.9 Å². The van der Waals surface area contributed by atoms with E-state index in [0.29, 0.717) is 0 Å². The third-order valence-corrected chi connectivity index (χ3v) is 5.65. The number of likely N-dealkylation sites (tertiary alicyclic amines) is 1. The van der Waals surface area contributed by atoms with Crippen molar-refractivity contribution in [1.29, 1.82) is 0 Å². The maximum absolute atomic E-state index is 3.77. The molecule has 0 spiro atoms. The minimum absolute atomic E-state index is 0.789. The van der Waals surface area contributed by atoms with Crippen LogP contribution in [0.25, 0.3) is 0 Å². The minimum Gasteiger partial charge on any atom is -0.314 e. The Hall–Kier alpha value is -0.0800. The summed E-state index contributed by atoms with van der Waals surface area (Å²) in [5.74, 6) is 1.90. The van der Waals surface area contributed by atoms with Crippen molar-refractivity contribution < 1.29 is 0 Å². The molecule has 2 aliphatic rings. The Morgan fingerprint density at radius 2 is 1.74 bits per heavy atom. The lowest BCUT2D eigenvalue weighted by Crippen LogP contribution is -2.45. The number of hydrogen-bond acceptors (Lipinski definition) is 2. The molecule has 0 radical (unpaired) electrons. The summed E-state index contributed by atoms with van der Waals surface area (Å²) in [6, 6.07) is 1.60. The van der Waals surface area contributed by atoms with E-state index in [9.17, 15) is 0 Å². The average molecular weight is 266 g/mol. The topological polar surface area (TPSA) is 15.3 Å². The fourth-order valence-corrected chi connectivity index (χ4v) is 3.80. The van der Waals surface area contributed by atoms with Crippen molar-refractivity contribution in [3.8, 4) is 0 Å². The smallest absolute Gasteiger partial charge is 0.00794 e. The third kappa shape index (κ3) is 4.46. The van der Waals surface area contributed by atoms with E-state index in [1.54, 1.807) is 0 Å². The van der Waals surface area contributed by atoms with E-state index in [1.165, 1.54) is 64.6 Å². The first-order valence-electron chi connectivity index (χ1n) is 8.70. The molecule has 2 heteroatoms. The van der Waals surface area contributed by atoms with Crippen molar-refractivity contribution in [2.24, 2.45) is 11.8 Å². The first kappa shape index (κ1) is 15.3. The summed E-state index contributed by atoms with van der Waals surface area (Å²) in [5, 5.41) is 3.77. The van der Waals surface area contributed by atoms with Crippen LogP contribution in [-0.4, -0.2) is 36.6 Å². The lowest BCUT2D eigenvalue weighted by Gasteiger charge is -2.39. The van der Waals surface area contributed by atoms with Gasteiger partial charge in [-0.1, -0.05) is 26.7 Å². The lowest BCUT2D eigenvalue weighted by molar-refractivity contribution is 0.108. The van der Waals surface area contributed by atoms with Crippen molar-refractivity contribution >= 4 is 0 Å². The van der Waals surface area contributed by atoms with Gasteiger partial charge in [0, 0.05) is 18.6 Å². The normalized spacial score (nSPS) is 37.4. The van der Waals surface area contributed by atoms with Crippen LogP contribution in [0.4, 0.5) is 0 Å². The number of rotatable bonds is 5. The molecule has 1 N–H and O–H groups in total. The Bertz CT molecular complexity index is 246. The van der Waals surface area contributed by atoms with Crippen molar-refractivity contribution in [2.45, 2.75) is 77.8 Å². The second kappa shape index (κ2) is 7.64. The zero-order valence-electron chi connectivity index (χ0n) is 13.3. The fraction of sp³-hybridized carbons (Fsp3) is 1.00. The molecule has 0 unspecified atom stereocenters. The zero-order valence-corrected chi connectivity index (χ0v) is 13.3. The third-order valence-electron chi connectivity index (χ3n) is 5.65. The SMILES string of the molecule is CC[C@@H]1CC[C@H](CCN2C[C@H](CC)CC[C@H]2C)NC1. The predicted molar refractivity (Wildman–Crippen MR) is 83.5 cm³/mol. The van der Waals surface area contributed by atoms with Crippen LogP contribution < -0.4 is 5.32 Å². The summed E-state index contributed by atoms with van der Waals surface area (Å²) in [6.07, 6.45) is 9.78. The van der Waals surface area contributed by atoms with Crippen molar-refractivity contribution in [3.05, 3.63) is 0 Å². The maximum Gasteiger partial charge on any atom is 0.00794 e. The highest BCUT2D eigenvalue weighted by atomic mass is 15.2. The number of nitrogens with one attached hydrogen (secondary N) is 1. The zero-order chi connectivity index (χ0) is 13.7. The summed E-state index contributed by atoms with van der Waals surface area (Å²) < 4.78 is 0. The molecule has 2 fully saturated rings. The highest BCUT2D eigenvalue weighted by Crippen LogP contribution is 2.25. The van der Waals surface area contributed by atoms with E-state index in [2.05, 4.69) is 31.0 Å². The van der Waals surface area contributed by atoms with E-state index in [1.807, 2.05) is 0 Å². The van der Waals surface area contributed by atoms with Gasteiger partial charge in [0.1, 0.15) is 0 Å². The summed E-state index contributed by atoms with van der Waals surface area (Å²) >= 11 is 0. The first-order chi connectivity index (χ1) is 9.22. The average Bonchev–Trinajstić information content (AvgIpc) is 2.47. The summed E-state index contributed by atoms with van der Waals surface area (Å²) in [6.45, 7) is 11.0. The van der Waals surface area contributed by atoms with Gasteiger partial charge in [0.05, 0.1) is 0 Å². The van der Waals surface area contributed by atoms with E-state index in [-0.39, 0.29) is 0 Å². The Labute approximate surface area is 120 Å². The van der Waals surface area contributed by atoms with Crippen LogP contribution in [0.1, 0.15) is 65.7 Å². The molecular weight excluding hydrogens is 232 g/mol. The van der Waals surface area contributed by atoms with Gasteiger partial charge in [0.25, 0.3) is 0 Å². The largest absolute Gasteiger partial charge is 0.314 e. The number of hydrogen-bond donors (Lipinski definition) is 1. The van der Waals surface area contributed by atoms with Crippen molar-refractivity contribution in [2.75, 3.05) is 19.6 Å². The molecule has 2 saturated heterocycles. The molecule has 2 aliphatic heterocycles. The van der Waals surface area contributed by atoms with Crippen LogP contribution in [0.15, 0.2) is 0 Å². The number of piperidine rings is 2. The van der Waals surface area contributed by atoms with Gasteiger partial charge in [-0.15, -0.1) is 0 Å². The molecule has 0 aromatic heterocycles. The maximum atomic E-state index is 3.77. The van der Waals surface area contributed by atoms with Crippen LogP contribution in [-0.2, 0) is 0 Å². The van der Waals surface area contributed by atoms with Crippen LogP contribution in [0.3, 0.4) is 0 Å². The molecule has 2 heterocycles. The predicted octanol–water partition coefficient (Wildman–Crippen LogP) is 3.67. The van der Waals surface area contributed by atoms with Gasteiger partial charge in [0.2, 0.25) is 0 Å². The van der Waals surface area contributed by atoms with E-state index >= 15 is 0 Å². The molecule has 0 amide bonds. The van der Waals surface area contributed by atoms with E-state index < -0.39 is 0 Å². The Morgan fingerprint density at radius 3 is 2.37 bits per heavy atom. The summed E-state index contributed by atoms with van der Waals surface area (Å²) in [7, 11) is 0. The first-order valence-corrected chi connectivity index (χ1v) is 8.70. The molecule has 2 rings (SSSR count). The molecule has 2 nitrogen and oxygen atoms in total. The fourth-order valence-electron chi connectivity index (χ4n) is 3.80. The minimum atomic E-state index is 0.789. The Kier molecular flexibility index (Phi) is 6.15. The van der Waals surface area contributed by atoms with Crippen LogP contribution in [0.5, 0.6) is 0 Å². The second-order valence-corrected chi connectivity index (χ2v) is 6.94. The lowest BCUT2D eigenvalue weighted by atomic mass is 9.89. The van der Waals surface area contributed by atoms with Crippen molar-refractivity contribution in [3.63, 3.8) is 0 Å². The van der Waals surface area contributed by atoms with Crippen molar-refractivity contribution in [1.82, 2.24) is 10.2 Å². The van der Waals surface area contributed by atoms with Crippen LogP contribution >= 0.6 is 0 Å². The van der Waals surface area contributed by atoms with E-state index in [4.69, 9.17) is 0 Å². The monoisotopic (exact) mass is 266 g/mol. The molecule has 0 saturated carbocycles. The highest BCUT2D eigenvalue weighted by Gasteiger charge is 2.25. The molecule has 19 heavy (non-hydrogen) atoms. The molecule has 0 bridgehead atoms. The van der Waals surface area contributed by atoms with Gasteiger partial charge >= 0.3 is 0 Å². The molecule has 0 aromatic rings. The second-order valence-electron chi connectivity index (χ2n) is 6.94. The van der Waals surface area contributed by atoms with Gasteiger partial charge in [-0.3, -0.25) is 0 Å². The molecule has 0 aromatic carbocycles. The quantitative estimate of drug-likeness (QED) is 0.817. The highest BCUT2D eigenvalue weighted by molar-refractivity contribution is 4.82. The molecule has 4 atom stereocenters. The van der Waals surface area contributed by atoms with Crippen LogP contribution in [0.2, 0.25) is 0 Å². The van der Waals surface area contributed by atoms with Gasteiger partial charge in [0.15, 0.2) is 0 Å². The Balaban J connectivity index is 1.69. The summed E-state index contributed by atoms with van der Waals surface area (Å²) in [4.78, 5) is 2.76. The standard InChI is InChI=1S/C17H34N2/c1-4-15-8-9-17(18-12-15)10-11-19-13-16(5-2)7-6-14(19)3/h14-18H,4-13H2,1-3H3/t14-,15-,16-,17-/m1/s1. The van der Waals surface area contributed by atoms with Crippen LogP contribution in [0, 0.1) is 11.8 Å². The van der Waals surface area contributed by atoms with Gasteiger partial charge in [-0.05, 0) is 64.0 Å².